The first-order chi connectivity index (χ1) is 8.43. The van der Waals surface area contributed by atoms with E-state index in [1.807, 2.05) is 19.1 Å². The van der Waals surface area contributed by atoms with Gasteiger partial charge in [0.15, 0.2) is 6.04 Å². The predicted octanol–water partition coefficient (Wildman–Crippen LogP) is 1.17. The number of benzene rings is 1. The fourth-order valence-electron chi connectivity index (χ4n) is 1.23. The molecule has 1 aromatic carbocycles. The number of urea groups is 1. The molecule has 2 amide bonds. The maximum atomic E-state index is 11.6. The highest BCUT2D eigenvalue weighted by Gasteiger charge is 2.18. The first-order valence-electron chi connectivity index (χ1n) is 5.11. The van der Waals surface area contributed by atoms with Gasteiger partial charge >= 0.3 is 12.0 Å². The number of carbonyl (C=O) groups is 2. The Labute approximate surface area is 118 Å². The van der Waals surface area contributed by atoms with Crippen LogP contribution in [0.2, 0.25) is 0 Å². The van der Waals surface area contributed by atoms with Crippen molar-refractivity contribution >= 4 is 40.3 Å². The number of carboxylic acid groups (broad SMARTS) is 1. The van der Waals surface area contributed by atoms with Gasteiger partial charge < -0.3 is 20.8 Å². The smallest absolute Gasteiger partial charge is 0.328 e. The van der Waals surface area contributed by atoms with Crippen LogP contribution in [-0.4, -0.2) is 34.9 Å². The molecule has 0 spiro atoms. The van der Waals surface area contributed by atoms with Crippen molar-refractivity contribution in [2.24, 2.45) is 0 Å². The second kappa shape index (κ2) is 6.55. The number of halogens is 1. The first kappa shape index (κ1) is 14.7. The molecule has 1 atom stereocenters. The number of rotatable bonds is 4. The van der Waals surface area contributed by atoms with Crippen molar-refractivity contribution in [1.82, 2.24) is 5.32 Å². The predicted molar refractivity (Wildman–Crippen MR) is 74.6 cm³/mol. The SMILES string of the molecule is Cc1ccc(I)cc1NC(=O)NC(CO)C(=O)O. The molecular weight excluding hydrogens is 351 g/mol. The zero-order valence-corrected chi connectivity index (χ0v) is 11.8. The van der Waals surface area contributed by atoms with Gasteiger partial charge in [-0.05, 0) is 47.2 Å². The van der Waals surface area contributed by atoms with E-state index >= 15 is 0 Å². The van der Waals surface area contributed by atoms with E-state index in [-0.39, 0.29) is 0 Å². The van der Waals surface area contributed by atoms with Crippen molar-refractivity contribution < 1.29 is 19.8 Å². The maximum Gasteiger partial charge on any atom is 0.328 e. The molecule has 18 heavy (non-hydrogen) atoms. The van der Waals surface area contributed by atoms with Gasteiger partial charge in [-0.15, -0.1) is 0 Å². The lowest BCUT2D eigenvalue weighted by molar-refractivity contribution is -0.140. The van der Waals surface area contributed by atoms with Crippen molar-refractivity contribution in [3.05, 3.63) is 27.3 Å². The molecule has 1 aromatic rings. The highest BCUT2D eigenvalue weighted by molar-refractivity contribution is 14.1. The minimum atomic E-state index is -1.31. The van der Waals surface area contributed by atoms with E-state index in [0.717, 1.165) is 9.13 Å². The number of aliphatic carboxylic acids is 1. The Morgan fingerprint density at radius 3 is 2.67 bits per heavy atom. The van der Waals surface area contributed by atoms with Crippen LogP contribution in [0.15, 0.2) is 18.2 Å². The van der Waals surface area contributed by atoms with Crippen LogP contribution in [0.5, 0.6) is 0 Å². The first-order valence-corrected chi connectivity index (χ1v) is 6.19. The molecule has 0 radical (unpaired) electrons. The minimum absolute atomic E-state index is 0.599. The number of aliphatic hydroxyl groups is 1. The average molecular weight is 364 g/mol. The van der Waals surface area contributed by atoms with Gasteiger partial charge in [-0.25, -0.2) is 9.59 Å². The lowest BCUT2D eigenvalue weighted by Crippen LogP contribution is -2.45. The number of nitrogens with one attached hydrogen (secondary N) is 2. The van der Waals surface area contributed by atoms with Crippen molar-refractivity contribution in [3.63, 3.8) is 0 Å². The second-order valence-electron chi connectivity index (χ2n) is 3.63. The number of aliphatic hydroxyl groups excluding tert-OH is 1. The number of hydrogen-bond donors (Lipinski definition) is 4. The zero-order chi connectivity index (χ0) is 13.7. The Morgan fingerprint density at radius 2 is 2.11 bits per heavy atom. The molecule has 0 heterocycles. The van der Waals surface area contributed by atoms with Crippen molar-refractivity contribution in [2.45, 2.75) is 13.0 Å². The summed E-state index contributed by atoms with van der Waals surface area (Å²) in [4.78, 5) is 22.2. The molecule has 6 nitrogen and oxygen atoms in total. The third-order valence-electron chi connectivity index (χ3n) is 2.23. The van der Waals surface area contributed by atoms with Crippen LogP contribution in [0.3, 0.4) is 0 Å². The van der Waals surface area contributed by atoms with Gasteiger partial charge in [-0.3, -0.25) is 0 Å². The molecule has 0 fully saturated rings. The van der Waals surface area contributed by atoms with Crippen LogP contribution in [0.1, 0.15) is 5.56 Å². The number of aryl methyl sites for hydroxylation is 1. The summed E-state index contributed by atoms with van der Waals surface area (Å²) in [6.45, 7) is 1.17. The minimum Gasteiger partial charge on any atom is -0.480 e. The lowest BCUT2D eigenvalue weighted by atomic mass is 10.2. The lowest BCUT2D eigenvalue weighted by Gasteiger charge is -2.14. The summed E-state index contributed by atoms with van der Waals surface area (Å²) in [5, 5.41) is 22.2. The largest absolute Gasteiger partial charge is 0.480 e. The molecule has 0 aromatic heterocycles. The van der Waals surface area contributed by atoms with Crippen LogP contribution in [0.25, 0.3) is 0 Å². The van der Waals surface area contributed by atoms with E-state index in [1.165, 1.54) is 0 Å². The van der Waals surface area contributed by atoms with Gasteiger partial charge in [0.2, 0.25) is 0 Å². The van der Waals surface area contributed by atoms with Gasteiger partial charge in [0.25, 0.3) is 0 Å². The van der Waals surface area contributed by atoms with Crippen LogP contribution < -0.4 is 10.6 Å². The van der Waals surface area contributed by atoms with E-state index in [1.54, 1.807) is 6.07 Å². The van der Waals surface area contributed by atoms with Gasteiger partial charge in [-0.2, -0.15) is 0 Å². The molecule has 0 aliphatic rings. The molecule has 98 valence electrons. The maximum absolute atomic E-state index is 11.6. The molecule has 4 N–H and O–H groups in total. The molecule has 1 unspecified atom stereocenters. The van der Waals surface area contributed by atoms with Crippen LogP contribution in [0.4, 0.5) is 10.5 Å². The number of hydrogen-bond acceptors (Lipinski definition) is 3. The van der Waals surface area contributed by atoms with E-state index in [2.05, 4.69) is 33.2 Å². The summed E-state index contributed by atoms with van der Waals surface area (Å²) >= 11 is 2.11. The molecular formula is C11H13IN2O4. The van der Waals surface area contributed by atoms with Crippen LogP contribution in [-0.2, 0) is 4.79 Å². The fourth-order valence-corrected chi connectivity index (χ4v) is 1.72. The van der Waals surface area contributed by atoms with Crippen LogP contribution >= 0.6 is 22.6 Å². The van der Waals surface area contributed by atoms with Gasteiger partial charge in [0, 0.05) is 9.26 Å². The Balaban J connectivity index is 2.70. The van der Waals surface area contributed by atoms with Gasteiger partial charge in [0.05, 0.1) is 6.61 Å². The highest BCUT2D eigenvalue weighted by atomic mass is 127. The summed E-state index contributed by atoms with van der Waals surface area (Å²) in [5.74, 6) is -1.29. The summed E-state index contributed by atoms with van der Waals surface area (Å²) in [6.07, 6.45) is 0. The Hall–Kier alpha value is -1.35. The topological polar surface area (TPSA) is 98.7 Å². The highest BCUT2D eigenvalue weighted by Crippen LogP contribution is 2.17. The van der Waals surface area contributed by atoms with E-state index < -0.39 is 24.6 Å². The molecule has 0 saturated heterocycles. The number of anilines is 1. The quantitative estimate of drug-likeness (QED) is 0.603. The third-order valence-corrected chi connectivity index (χ3v) is 2.90. The third kappa shape index (κ3) is 4.15. The fraction of sp³-hybridized carbons (Fsp3) is 0.273. The van der Waals surface area contributed by atoms with Crippen molar-refractivity contribution in [2.75, 3.05) is 11.9 Å². The Morgan fingerprint density at radius 1 is 1.44 bits per heavy atom. The number of amides is 2. The van der Waals surface area contributed by atoms with E-state index in [4.69, 9.17) is 10.2 Å². The second-order valence-corrected chi connectivity index (χ2v) is 4.88. The number of carbonyl (C=O) groups excluding carboxylic acids is 1. The molecule has 0 aliphatic carbocycles. The van der Waals surface area contributed by atoms with E-state index in [0.29, 0.717) is 5.69 Å². The molecule has 0 aliphatic heterocycles. The molecule has 7 heteroatoms. The van der Waals surface area contributed by atoms with Gasteiger partial charge in [0.1, 0.15) is 0 Å². The monoisotopic (exact) mass is 364 g/mol. The van der Waals surface area contributed by atoms with Crippen molar-refractivity contribution in [3.8, 4) is 0 Å². The molecule has 1 rings (SSSR count). The zero-order valence-electron chi connectivity index (χ0n) is 9.61. The molecule has 0 saturated carbocycles. The summed E-state index contributed by atoms with van der Waals surface area (Å²) in [7, 11) is 0. The normalized spacial score (nSPS) is 11.7. The Kier molecular flexibility index (Phi) is 5.35. The summed E-state index contributed by atoms with van der Waals surface area (Å²) in [6, 6.07) is 3.53. The summed E-state index contributed by atoms with van der Waals surface area (Å²) in [5.41, 5.74) is 1.46. The molecule has 0 bridgehead atoms. The summed E-state index contributed by atoms with van der Waals surface area (Å²) < 4.78 is 0.949. The van der Waals surface area contributed by atoms with Crippen molar-refractivity contribution in [1.29, 1.82) is 0 Å². The number of carboxylic acids is 1. The van der Waals surface area contributed by atoms with Gasteiger partial charge in [-0.1, -0.05) is 6.07 Å². The standard InChI is InChI=1S/C11H13IN2O4/c1-6-2-3-7(12)4-8(6)13-11(18)14-9(5-15)10(16)17/h2-4,9,15H,5H2,1H3,(H,16,17)(H2,13,14,18). The van der Waals surface area contributed by atoms with Crippen LogP contribution in [0, 0.1) is 10.5 Å². The Bertz CT molecular complexity index is 464. The van der Waals surface area contributed by atoms with E-state index in [9.17, 15) is 9.59 Å². The average Bonchev–Trinajstić information content (AvgIpc) is 2.30.